The summed E-state index contributed by atoms with van der Waals surface area (Å²) in [7, 11) is 1.57. The summed E-state index contributed by atoms with van der Waals surface area (Å²) in [5.41, 5.74) is 1.23. The van der Waals surface area contributed by atoms with Gasteiger partial charge in [0.25, 0.3) is 0 Å². The van der Waals surface area contributed by atoms with Crippen molar-refractivity contribution in [2.45, 2.75) is 6.92 Å². The van der Waals surface area contributed by atoms with E-state index in [1.165, 1.54) is 18.2 Å². The molecule has 2 aromatic carbocycles. The topological polar surface area (TPSA) is 55.8 Å². The number of carbonyl (C=O) groups excluding carboxylic acids is 1. The molecule has 23 heavy (non-hydrogen) atoms. The lowest BCUT2D eigenvalue weighted by Gasteiger charge is -2.12. The largest absolute Gasteiger partial charge is 0.508 e. The normalized spacial score (nSPS) is 10.7. The summed E-state index contributed by atoms with van der Waals surface area (Å²) in [6.45, 7) is 2.42. The second kappa shape index (κ2) is 7.83. The number of rotatable bonds is 6. The Balaban J connectivity index is 2.25. The molecular weight excluding hydrogens is 360 g/mol. The molecule has 1 N–H and O–H groups in total. The van der Waals surface area contributed by atoms with Crippen LogP contribution in [0.4, 0.5) is 0 Å². The molecule has 0 aliphatic heterocycles. The molecule has 0 saturated heterocycles. The van der Waals surface area contributed by atoms with Crippen molar-refractivity contribution < 1.29 is 19.4 Å². The highest BCUT2D eigenvalue weighted by atomic mass is 79.9. The number of carbonyl (C=O) groups is 1. The summed E-state index contributed by atoms with van der Waals surface area (Å²) >= 11 is 3.44. The minimum Gasteiger partial charge on any atom is -0.508 e. The second-order valence-electron chi connectivity index (χ2n) is 4.72. The summed E-state index contributed by atoms with van der Waals surface area (Å²) in [5, 5.41) is 9.42. The highest BCUT2D eigenvalue weighted by Crippen LogP contribution is 2.37. The molecule has 120 valence electrons. The van der Waals surface area contributed by atoms with Crippen LogP contribution in [-0.4, -0.2) is 24.6 Å². The highest BCUT2D eigenvalue weighted by Gasteiger charge is 2.10. The molecule has 0 saturated carbocycles. The average Bonchev–Trinajstić information content (AvgIpc) is 2.54. The van der Waals surface area contributed by atoms with Crippen molar-refractivity contribution >= 4 is 27.8 Å². The minimum absolute atomic E-state index is 0.0646. The maximum Gasteiger partial charge on any atom is 0.185 e. The lowest BCUT2D eigenvalue weighted by atomic mass is 10.1. The average molecular weight is 377 g/mol. The molecule has 2 rings (SSSR count). The predicted octanol–water partition coefficient (Wildman–Crippen LogP) is 4.46. The molecule has 5 heteroatoms. The standard InChI is InChI=1S/C18H17BrO4/c1-3-23-18-15(19)9-12(10-17(18)22-2)7-8-16(21)13-5-4-6-14(20)11-13/h4-11,20H,3H2,1-2H3. The first-order valence-corrected chi connectivity index (χ1v) is 7.86. The summed E-state index contributed by atoms with van der Waals surface area (Å²) < 4.78 is 11.6. The van der Waals surface area contributed by atoms with Crippen molar-refractivity contribution in [2.24, 2.45) is 0 Å². The Morgan fingerprint density at radius 3 is 2.74 bits per heavy atom. The van der Waals surface area contributed by atoms with Crippen LogP contribution >= 0.6 is 15.9 Å². The monoisotopic (exact) mass is 376 g/mol. The van der Waals surface area contributed by atoms with Crippen molar-refractivity contribution in [1.29, 1.82) is 0 Å². The molecule has 4 nitrogen and oxygen atoms in total. The number of allylic oxidation sites excluding steroid dienone is 1. The van der Waals surface area contributed by atoms with E-state index >= 15 is 0 Å². The number of ether oxygens (including phenoxy) is 2. The molecule has 0 unspecified atom stereocenters. The second-order valence-corrected chi connectivity index (χ2v) is 5.57. The molecule has 0 aliphatic rings. The van der Waals surface area contributed by atoms with Gasteiger partial charge >= 0.3 is 0 Å². The molecule has 0 radical (unpaired) electrons. The van der Waals surface area contributed by atoms with Crippen LogP contribution in [0.25, 0.3) is 6.08 Å². The maximum atomic E-state index is 12.1. The number of aromatic hydroxyl groups is 1. The van der Waals surface area contributed by atoms with E-state index < -0.39 is 0 Å². The van der Waals surface area contributed by atoms with Gasteiger partial charge in [0.15, 0.2) is 17.3 Å². The van der Waals surface area contributed by atoms with Crippen LogP contribution in [0.1, 0.15) is 22.8 Å². The molecule has 0 aromatic heterocycles. The Bertz CT molecular complexity index is 738. The Morgan fingerprint density at radius 1 is 1.30 bits per heavy atom. The van der Waals surface area contributed by atoms with E-state index in [1.807, 2.05) is 13.0 Å². The number of ketones is 1. The third-order valence-corrected chi connectivity index (χ3v) is 3.69. The first kappa shape index (κ1) is 17.1. The summed E-state index contributed by atoms with van der Waals surface area (Å²) in [5.74, 6) is 1.09. The lowest BCUT2D eigenvalue weighted by molar-refractivity contribution is 0.104. The zero-order valence-corrected chi connectivity index (χ0v) is 14.5. The van der Waals surface area contributed by atoms with Crippen molar-refractivity contribution in [2.75, 3.05) is 13.7 Å². The van der Waals surface area contributed by atoms with Gasteiger partial charge in [-0.2, -0.15) is 0 Å². The molecule has 0 spiro atoms. The van der Waals surface area contributed by atoms with Gasteiger partial charge in [0.1, 0.15) is 5.75 Å². The van der Waals surface area contributed by atoms with Crippen LogP contribution in [0.15, 0.2) is 46.9 Å². The number of halogens is 1. The first-order valence-electron chi connectivity index (χ1n) is 7.07. The number of phenolic OH excluding ortho intramolecular Hbond substituents is 1. The Morgan fingerprint density at radius 2 is 2.09 bits per heavy atom. The predicted molar refractivity (Wildman–Crippen MR) is 93.3 cm³/mol. The summed E-state index contributed by atoms with van der Waals surface area (Å²) in [4.78, 5) is 12.1. The van der Waals surface area contributed by atoms with E-state index in [1.54, 1.807) is 31.4 Å². The fourth-order valence-electron chi connectivity index (χ4n) is 2.05. The highest BCUT2D eigenvalue weighted by molar-refractivity contribution is 9.10. The van der Waals surface area contributed by atoms with Gasteiger partial charge < -0.3 is 14.6 Å². The van der Waals surface area contributed by atoms with Crippen LogP contribution in [0.2, 0.25) is 0 Å². The molecule has 0 atom stereocenters. The van der Waals surface area contributed by atoms with Crippen LogP contribution in [0.3, 0.4) is 0 Å². The number of phenols is 1. The van der Waals surface area contributed by atoms with E-state index in [2.05, 4.69) is 15.9 Å². The van der Waals surface area contributed by atoms with Crippen LogP contribution < -0.4 is 9.47 Å². The van der Waals surface area contributed by atoms with E-state index in [0.717, 1.165) is 10.0 Å². The molecule has 0 amide bonds. The fourth-order valence-corrected chi connectivity index (χ4v) is 2.62. The number of hydrogen-bond acceptors (Lipinski definition) is 4. The first-order chi connectivity index (χ1) is 11.0. The molecule has 2 aromatic rings. The smallest absolute Gasteiger partial charge is 0.185 e. The van der Waals surface area contributed by atoms with Crippen molar-refractivity contribution in [3.8, 4) is 17.2 Å². The fraction of sp³-hybridized carbons (Fsp3) is 0.167. The Kier molecular flexibility index (Phi) is 5.82. The van der Waals surface area contributed by atoms with Gasteiger partial charge in [-0.3, -0.25) is 4.79 Å². The molecule has 0 aliphatic carbocycles. The quantitative estimate of drug-likeness (QED) is 0.597. The van der Waals surface area contributed by atoms with Gasteiger partial charge in [0.05, 0.1) is 18.2 Å². The van der Waals surface area contributed by atoms with Gasteiger partial charge in [-0.1, -0.05) is 18.2 Å². The van der Waals surface area contributed by atoms with E-state index in [4.69, 9.17) is 9.47 Å². The summed E-state index contributed by atoms with van der Waals surface area (Å²) in [6.07, 6.45) is 3.14. The van der Waals surface area contributed by atoms with Crippen molar-refractivity contribution in [3.05, 3.63) is 58.1 Å². The molecular formula is C18H17BrO4. The van der Waals surface area contributed by atoms with Crippen LogP contribution in [0.5, 0.6) is 17.2 Å². The van der Waals surface area contributed by atoms with Gasteiger partial charge in [-0.15, -0.1) is 0 Å². The van der Waals surface area contributed by atoms with Gasteiger partial charge in [0, 0.05) is 5.56 Å². The Hall–Kier alpha value is -2.27. The van der Waals surface area contributed by atoms with Crippen molar-refractivity contribution in [3.63, 3.8) is 0 Å². The molecule has 0 bridgehead atoms. The molecule has 0 heterocycles. The third kappa shape index (κ3) is 4.36. The lowest BCUT2D eigenvalue weighted by Crippen LogP contribution is -1.97. The SMILES string of the molecule is CCOc1c(Br)cc(C=CC(=O)c2cccc(O)c2)cc1OC. The summed E-state index contributed by atoms with van der Waals surface area (Å²) in [6, 6.07) is 9.88. The van der Waals surface area contributed by atoms with Crippen molar-refractivity contribution in [1.82, 2.24) is 0 Å². The van der Waals surface area contributed by atoms with Crippen LogP contribution in [-0.2, 0) is 0 Å². The minimum atomic E-state index is -0.190. The number of benzene rings is 2. The third-order valence-electron chi connectivity index (χ3n) is 3.10. The maximum absolute atomic E-state index is 12.1. The zero-order chi connectivity index (χ0) is 16.8. The van der Waals surface area contributed by atoms with Crippen LogP contribution in [0, 0.1) is 0 Å². The number of methoxy groups -OCH3 is 1. The number of hydrogen-bond donors (Lipinski definition) is 1. The van der Waals surface area contributed by atoms with Gasteiger partial charge in [-0.25, -0.2) is 0 Å². The van der Waals surface area contributed by atoms with Gasteiger partial charge in [0.2, 0.25) is 0 Å². The van der Waals surface area contributed by atoms with E-state index in [-0.39, 0.29) is 11.5 Å². The van der Waals surface area contributed by atoms with Gasteiger partial charge in [-0.05, 0) is 58.8 Å². The molecule has 0 fully saturated rings. The zero-order valence-electron chi connectivity index (χ0n) is 12.9. The van der Waals surface area contributed by atoms with E-state index in [9.17, 15) is 9.90 Å². The Labute approximate surface area is 143 Å². The van der Waals surface area contributed by atoms with E-state index in [0.29, 0.717) is 23.7 Å².